The molecule has 11 aromatic rings. The van der Waals surface area contributed by atoms with E-state index in [1.165, 1.54) is 54.8 Å². The van der Waals surface area contributed by atoms with Gasteiger partial charge in [-0.05, 0) is 87.1 Å². The van der Waals surface area contributed by atoms with Crippen LogP contribution in [0.2, 0.25) is 0 Å². The summed E-state index contributed by atoms with van der Waals surface area (Å²) in [4.78, 5) is 0. The zero-order chi connectivity index (χ0) is 36.3. The smallest absolute Gasteiger partial charge is 0.158 e. The van der Waals surface area contributed by atoms with Crippen LogP contribution in [0.3, 0.4) is 0 Å². The summed E-state index contributed by atoms with van der Waals surface area (Å²) in [6, 6.07) is 71.4. The fraction of sp³-hybridized carbons (Fsp3) is 0. The second kappa shape index (κ2) is 12.6. The van der Waals surface area contributed by atoms with E-state index in [4.69, 9.17) is 4.42 Å². The molecule has 0 unspecified atom stereocenters. The van der Waals surface area contributed by atoms with Crippen LogP contribution in [0.25, 0.3) is 93.6 Å². The van der Waals surface area contributed by atoms with Gasteiger partial charge in [0.15, 0.2) is 5.58 Å². The van der Waals surface area contributed by atoms with Gasteiger partial charge in [0.05, 0.1) is 16.7 Å². The van der Waals surface area contributed by atoms with E-state index in [1.807, 2.05) is 0 Å². The van der Waals surface area contributed by atoms with Crippen molar-refractivity contribution in [2.24, 2.45) is 0 Å². The van der Waals surface area contributed by atoms with E-state index in [-0.39, 0.29) is 0 Å². The molecule has 0 aliphatic heterocycles. The number of fused-ring (bicyclic) bond motifs is 8. The van der Waals surface area contributed by atoms with Gasteiger partial charge in [-0.15, -0.1) is 0 Å². The highest BCUT2D eigenvalue weighted by Crippen LogP contribution is 2.43. The molecule has 3 nitrogen and oxygen atoms in total. The monoisotopic (exact) mass is 702 g/mol. The summed E-state index contributed by atoms with van der Waals surface area (Å²) >= 11 is 0. The molecule has 55 heavy (non-hydrogen) atoms. The molecule has 0 saturated heterocycles. The highest BCUT2D eigenvalue weighted by molar-refractivity contribution is 6.24. The van der Waals surface area contributed by atoms with E-state index in [1.54, 1.807) is 0 Å². The van der Waals surface area contributed by atoms with Crippen LogP contribution in [0, 0.1) is 0 Å². The van der Waals surface area contributed by atoms with E-state index in [0.29, 0.717) is 0 Å². The summed E-state index contributed by atoms with van der Waals surface area (Å²) in [6.45, 7) is 0. The summed E-state index contributed by atoms with van der Waals surface area (Å²) in [5.41, 5.74) is 14.3. The number of hydrogen-bond donors (Lipinski definition) is 1. The van der Waals surface area contributed by atoms with Gasteiger partial charge in [-0.1, -0.05) is 152 Å². The Balaban J connectivity index is 0.871. The number of anilines is 2. The molecule has 11 rings (SSSR count). The molecule has 3 heteroatoms. The van der Waals surface area contributed by atoms with Crippen LogP contribution < -0.4 is 5.32 Å². The Labute approximate surface area is 318 Å². The molecule has 0 bridgehead atoms. The molecule has 1 N–H and O–H groups in total. The number of nitrogens with one attached hydrogen (secondary N) is 1. The fourth-order valence-corrected chi connectivity index (χ4v) is 8.34. The second-order valence-corrected chi connectivity index (χ2v) is 14.2. The van der Waals surface area contributed by atoms with Crippen LogP contribution in [-0.4, -0.2) is 4.57 Å². The number of para-hydroxylation sites is 3. The Hall–Kier alpha value is -7.36. The Morgan fingerprint density at radius 1 is 0.382 bits per heavy atom. The normalized spacial score (nSPS) is 11.6. The zero-order valence-electron chi connectivity index (χ0n) is 29.9. The standard InChI is InChI=1S/C52H34N2O/c1-2-11-38(12-3-1)46-33-39-13-4-5-14-42(39)50-45-17-10-18-47(51(45)55-52(46)50)53-40-29-25-36(26-30-40)34-21-23-35(24-22-34)37-27-31-41(32-28-37)54-48-19-8-6-15-43(48)44-16-7-9-20-49(44)54/h1-33,53H. The number of furan rings is 1. The van der Waals surface area contributed by atoms with Crippen molar-refractivity contribution in [3.8, 4) is 39.1 Å². The molecule has 0 saturated carbocycles. The van der Waals surface area contributed by atoms with Crippen LogP contribution in [0.4, 0.5) is 11.4 Å². The first kappa shape index (κ1) is 31.2. The van der Waals surface area contributed by atoms with Crippen LogP contribution in [0.1, 0.15) is 0 Å². The van der Waals surface area contributed by atoms with E-state index in [0.717, 1.165) is 50.1 Å². The number of nitrogens with zero attached hydrogens (tertiary/aromatic N) is 1. The minimum absolute atomic E-state index is 0.855. The van der Waals surface area contributed by atoms with Gasteiger partial charge in [-0.25, -0.2) is 0 Å². The lowest BCUT2D eigenvalue weighted by Crippen LogP contribution is -1.93. The molecule has 0 atom stereocenters. The number of hydrogen-bond acceptors (Lipinski definition) is 2. The summed E-state index contributed by atoms with van der Waals surface area (Å²) in [5, 5.41) is 10.9. The molecule has 0 aliphatic rings. The van der Waals surface area contributed by atoms with Gasteiger partial charge in [0, 0.05) is 38.5 Å². The summed E-state index contributed by atoms with van der Waals surface area (Å²) < 4.78 is 9.14. The summed E-state index contributed by atoms with van der Waals surface area (Å²) in [7, 11) is 0. The van der Waals surface area contributed by atoms with E-state index < -0.39 is 0 Å². The van der Waals surface area contributed by atoms with Crippen LogP contribution in [-0.2, 0) is 0 Å². The van der Waals surface area contributed by atoms with Crippen molar-refractivity contribution in [1.29, 1.82) is 0 Å². The molecule has 2 heterocycles. The van der Waals surface area contributed by atoms with Crippen molar-refractivity contribution in [3.05, 3.63) is 200 Å². The molecule has 0 aliphatic carbocycles. The molecular formula is C52H34N2O. The largest absolute Gasteiger partial charge is 0.453 e. The van der Waals surface area contributed by atoms with Gasteiger partial charge in [-0.3, -0.25) is 0 Å². The third kappa shape index (κ3) is 5.20. The van der Waals surface area contributed by atoms with Gasteiger partial charge in [0.25, 0.3) is 0 Å². The van der Waals surface area contributed by atoms with Crippen LogP contribution in [0.15, 0.2) is 205 Å². The lowest BCUT2D eigenvalue weighted by molar-refractivity contribution is 0.671. The molecule has 0 radical (unpaired) electrons. The highest BCUT2D eigenvalue weighted by atomic mass is 16.3. The van der Waals surface area contributed by atoms with Crippen LogP contribution in [0.5, 0.6) is 0 Å². The van der Waals surface area contributed by atoms with Crippen LogP contribution >= 0.6 is 0 Å². The predicted molar refractivity (Wildman–Crippen MR) is 232 cm³/mol. The second-order valence-electron chi connectivity index (χ2n) is 14.2. The number of rotatable bonds is 6. The van der Waals surface area contributed by atoms with Crippen molar-refractivity contribution in [2.45, 2.75) is 0 Å². The topological polar surface area (TPSA) is 30.1 Å². The Kier molecular flexibility index (Phi) is 7.17. The quantitative estimate of drug-likeness (QED) is 0.187. The highest BCUT2D eigenvalue weighted by Gasteiger charge is 2.18. The Morgan fingerprint density at radius 3 is 1.56 bits per heavy atom. The molecule has 0 spiro atoms. The van der Waals surface area contributed by atoms with E-state index in [2.05, 4.69) is 210 Å². The SMILES string of the molecule is c1ccc(-c2cc3ccccc3c3c2oc2c(Nc4ccc(-c5ccc(-c6ccc(-n7c8ccccc8c8ccccc87)cc6)cc5)cc4)cccc23)cc1. The summed E-state index contributed by atoms with van der Waals surface area (Å²) in [5.74, 6) is 0. The maximum absolute atomic E-state index is 6.79. The minimum Gasteiger partial charge on any atom is -0.453 e. The van der Waals surface area contributed by atoms with Crippen molar-refractivity contribution in [3.63, 3.8) is 0 Å². The zero-order valence-corrected chi connectivity index (χ0v) is 29.9. The minimum atomic E-state index is 0.855. The first-order valence-corrected chi connectivity index (χ1v) is 18.8. The molecule has 258 valence electrons. The molecule has 2 aromatic heterocycles. The molecular weight excluding hydrogens is 669 g/mol. The van der Waals surface area contributed by atoms with Gasteiger partial charge < -0.3 is 14.3 Å². The van der Waals surface area contributed by atoms with Crippen molar-refractivity contribution in [2.75, 3.05) is 5.32 Å². The average Bonchev–Trinajstić information content (AvgIpc) is 3.82. The number of benzene rings is 9. The van der Waals surface area contributed by atoms with Crippen molar-refractivity contribution < 1.29 is 4.42 Å². The van der Waals surface area contributed by atoms with Gasteiger partial charge in [0.1, 0.15) is 5.58 Å². The lowest BCUT2D eigenvalue weighted by Gasteiger charge is -2.10. The fourth-order valence-electron chi connectivity index (χ4n) is 8.34. The third-order valence-corrected chi connectivity index (χ3v) is 11.0. The molecule has 0 amide bonds. The maximum atomic E-state index is 6.79. The molecule has 0 fully saturated rings. The van der Waals surface area contributed by atoms with E-state index in [9.17, 15) is 0 Å². The lowest BCUT2D eigenvalue weighted by atomic mass is 9.96. The Morgan fingerprint density at radius 2 is 0.909 bits per heavy atom. The first-order valence-electron chi connectivity index (χ1n) is 18.8. The Bertz CT molecular complexity index is 3140. The molecule has 9 aromatic carbocycles. The van der Waals surface area contributed by atoms with Crippen molar-refractivity contribution >= 4 is 65.9 Å². The maximum Gasteiger partial charge on any atom is 0.158 e. The first-order chi connectivity index (χ1) is 27.3. The average molecular weight is 703 g/mol. The third-order valence-electron chi connectivity index (χ3n) is 11.0. The predicted octanol–water partition coefficient (Wildman–Crippen LogP) is 14.6. The van der Waals surface area contributed by atoms with Crippen molar-refractivity contribution in [1.82, 2.24) is 4.57 Å². The number of aromatic nitrogens is 1. The van der Waals surface area contributed by atoms with Gasteiger partial charge in [-0.2, -0.15) is 0 Å². The summed E-state index contributed by atoms with van der Waals surface area (Å²) in [6.07, 6.45) is 0. The van der Waals surface area contributed by atoms with E-state index >= 15 is 0 Å². The van der Waals surface area contributed by atoms with Gasteiger partial charge >= 0.3 is 0 Å². The van der Waals surface area contributed by atoms with Gasteiger partial charge in [0.2, 0.25) is 0 Å².